The molecule has 2 rings (SSSR count). The molecule has 0 heterocycles. The number of hydrogen-bond acceptors (Lipinski definition) is 5. The fraction of sp³-hybridized carbons (Fsp3) is 0.611. The van der Waals surface area contributed by atoms with Gasteiger partial charge in [0.25, 0.3) is 11.6 Å². The van der Waals surface area contributed by atoms with Gasteiger partial charge in [-0.3, -0.25) is 14.9 Å². The molecule has 7 heteroatoms. The SMILES string of the molecule is CCOc1cc([N+](=O)[O-])c(C(=O)N[C@@H]2CCC[C@H](C)[C@H]2C)cc1OC. The van der Waals surface area contributed by atoms with Crippen molar-refractivity contribution in [3.05, 3.63) is 27.8 Å². The molecule has 0 saturated heterocycles. The van der Waals surface area contributed by atoms with Crippen molar-refractivity contribution in [3.63, 3.8) is 0 Å². The van der Waals surface area contributed by atoms with Gasteiger partial charge in [-0.15, -0.1) is 0 Å². The van der Waals surface area contributed by atoms with E-state index in [1.807, 2.05) is 0 Å². The van der Waals surface area contributed by atoms with Crippen LogP contribution in [-0.2, 0) is 0 Å². The molecule has 1 aromatic rings. The molecule has 0 spiro atoms. The largest absolute Gasteiger partial charge is 0.493 e. The minimum Gasteiger partial charge on any atom is -0.493 e. The minimum absolute atomic E-state index is 0.00395. The average molecular weight is 350 g/mol. The van der Waals surface area contributed by atoms with Crippen molar-refractivity contribution in [2.45, 2.75) is 46.1 Å². The van der Waals surface area contributed by atoms with Gasteiger partial charge < -0.3 is 14.8 Å². The van der Waals surface area contributed by atoms with Gasteiger partial charge in [0.05, 0.1) is 24.7 Å². The van der Waals surface area contributed by atoms with Crippen LogP contribution in [0.25, 0.3) is 0 Å². The van der Waals surface area contributed by atoms with E-state index in [-0.39, 0.29) is 23.0 Å². The smallest absolute Gasteiger partial charge is 0.286 e. The maximum absolute atomic E-state index is 12.7. The number of nitrogens with zero attached hydrogens (tertiary/aromatic N) is 1. The van der Waals surface area contributed by atoms with Gasteiger partial charge in [-0.1, -0.05) is 26.7 Å². The zero-order valence-corrected chi connectivity index (χ0v) is 15.2. The predicted octanol–water partition coefficient (Wildman–Crippen LogP) is 3.56. The molecule has 0 radical (unpaired) electrons. The summed E-state index contributed by atoms with van der Waals surface area (Å²) in [5.41, 5.74) is -0.283. The first-order chi connectivity index (χ1) is 11.9. The van der Waals surface area contributed by atoms with Crippen LogP contribution < -0.4 is 14.8 Å². The van der Waals surface area contributed by atoms with Crippen LogP contribution in [0.4, 0.5) is 5.69 Å². The molecule has 1 N–H and O–H groups in total. The molecule has 0 aliphatic heterocycles. The van der Waals surface area contributed by atoms with Crippen molar-refractivity contribution in [3.8, 4) is 11.5 Å². The number of nitro benzene ring substituents is 1. The molecule has 0 bridgehead atoms. The molecule has 138 valence electrons. The van der Waals surface area contributed by atoms with Crippen molar-refractivity contribution in [2.24, 2.45) is 11.8 Å². The summed E-state index contributed by atoms with van der Waals surface area (Å²) < 4.78 is 10.6. The molecule has 3 atom stereocenters. The van der Waals surface area contributed by atoms with Gasteiger partial charge in [-0.25, -0.2) is 0 Å². The highest BCUT2D eigenvalue weighted by atomic mass is 16.6. The summed E-state index contributed by atoms with van der Waals surface area (Å²) in [5.74, 6) is 0.972. The number of methoxy groups -OCH3 is 1. The Bertz CT molecular complexity index is 647. The van der Waals surface area contributed by atoms with Crippen molar-refractivity contribution < 1.29 is 19.2 Å². The molecule has 7 nitrogen and oxygen atoms in total. The normalized spacial score (nSPS) is 23.0. The van der Waals surface area contributed by atoms with Crippen LogP contribution in [0.1, 0.15) is 50.4 Å². The molecule has 1 aromatic carbocycles. The first-order valence-corrected chi connectivity index (χ1v) is 8.69. The Hall–Kier alpha value is -2.31. The molecule has 25 heavy (non-hydrogen) atoms. The van der Waals surface area contributed by atoms with E-state index in [0.29, 0.717) is 24.2 Å². The quantitative estimate of drug-likeness (QED) is 0.626. The van der Waals surface area contributed by atoms with E-state index < -0.39 is 10.8 Å². The van der Waals surface area contributed by atoms with Crippen molar-refractivity contribution in [1.29, 1.82) is 0 Å². The Morgan fingerprint density at radius 2 is 2.04 bits per heavy atom. The van der Waals surface area contributed by atoms with Crippen LogP contribution in [0.2, 0.25) is 0 Å². The summed E-state index contributed by atoms with van der Waals surface area (Å²) in [5, 5.41) is 14.4. The summed E-state index contributed by atoms with van der Waals surface area (Å²) in [6.45, 7) is 6.40. The van der Waals surface area contributed by atoms with Crippen LogP contribution in [0.5, 0.6) is 11.5 Å². The third-order valence-electron chi connectivity index (χ3n) is 5.05. The average Bonchev–Trinajstić information content (AvgIpc) is 2.58. The number of hydrogen-bond donors (Lipinski definition) is 1. The molecule has 1 aliphatic carbocycles. The third-order valence-corrected chi connectivity index (χ3v) is 5.05. The number of nitro groups is 1. The number of benzene rings is 1. The van der Waals surface area contributed by atoms with Crippen LogP contribution in [0.3, 0.4) is 0 Å². The summed E-state index contributed by atoms with van der Waals surface area (Å²) in [6, 6.07) is 2.66. The second kappa shape index (κ2) is 8.18. The van der Waals surface area contributed by atoms with E-state index in [9.17, 15) is 14.9 Å². The Kier molecular flexibility index (Phi) is 6.22. The standard InChI is InChI=1S/C18H26N2O5/c1-5-25-17-10-15(20(22)23)13(9-16(17)24-4)18(21)19-14-8-6-7-11(2)12(14)3/h9-12,14H,5-8H2,1-4H3,(H,19,21)/t11-,12+,14+/m0/s1. The van der Waals surface area contributed by atoms with Gasteiger partial charge in [0, 0.05) is 12.1 Å². The highest BCUT2D eigenvalue weighted by Crippen LogP contribution is 2.35. The Labute approximate surface area is 147 Å². The van der Waals surface area contributed by atoms with Gasteiger partial charge in [-0.2, -0.15) is 0 Å². The van der Waals surface area contributed by atoms with Crippen LogP contribution in [0, 0.1) is 22.0 Å². The summed E-state index contributed by atoms with van der Waals surface area (Å²) >= 11 is 0. The first-order valence-electron chi connectivity index (χ1n) is 8.69. The lowest BCUT2D eigenvalue weighted by atomic mass is 9.78. The first kappa shape index (κ1) is 19.0. The number of carbonyl (C=O) groups is 1. The minimum atomic E-state index is -0.566. The third kappa shape index (κ3) is 4.21. The molecule has 1 amide bonds. The molecular weight excluding hydrogens is 324 g/mol. The Morgan fingerprint density at radius 1 is 1.32 bits per heavy atom. The summed E-state index contributed by atoms with van der Waals surface area (Å²) in [4.78, 5) is 23.6. The summed E-state index contributed by atoms with van der Waals surface area (Å²) in [6.07, 6.45) is 3.08. The number of ether oxygens (including phenoxy) is 2. The van der Waals surface area contributed by atoms with E-state index in [2.05, 4.69) is 19.2 Å². The van der Waals surface area contributed by atoms with Gasteiger partial charge in [-0.05, 0) is 25.2 Å². The van der Waals surface area contributed by atoms with Gasteiger partial charge >= 0.3 is 0 Å². The van der Waals surface area contributed by atoms with E-state index in [4.69, 9.17) is 9.47 Å². The lowest BCUT2D eigenvalue weighted by molar-refractivity contribution is -0.385. The molecule has 1 fully saturated rings. The van der Waals surface area contributed by atoms with Crippen LogP contribution in [0.15, 0.2) is 12.1 Å². The number of carbonyl (C=O) groups excluding carboxylic acids is 1. The lowest BCUT2D eigenvalue weighted by Crippen LogP contribution is -2.43. The van der Waals surface area contributed by atoms with Crippen LogP contribution >= 0.6 is 0 Å². The maximum atomic E-state index is 12.7. The van der Waals surface area contributed by atoms with Gasteiger partial charge in [0.1, 0.15) is 5.56 Å². The maximum Gasteiger partial charge on any atom is 0.286 e. The fourth-order valence-corrected chi connectivity index (χ4v) is 3.34. The molecule has 1 saturated carbocycles. The number of rotatable bonds is 6. The zero-order valence-electron chi connectivity index (χ0n) is 15.2. The van der Waals surface area contributed by atoms with E-state index in [1.54, 1.807) is 6.92 Å². The Morgan fingerprint density at radius 3 is 2.64 bits per heavy atom. The Balaban J connectivity index is 2.32. The zero-order chi connectivity index (χ0) is 18.6. The predicted molar refractivity (Wildman–Crippen MR) is 94.3 cm³/mol. The molecular formula is C18H26N2O5. The van der Waals surface area contributed by atoms with E-state index in [0.717, 1.165) is 19.3 Å². The monoisotopic (exact) mass is 350 g/mol. The van der Waals surface area contributed by atoms with Gasteiger partial charge in [0.2, 0.25) is 0 Å². The summed E-state index contributed by atoms with van der Waals surface area (Å²) in [7, 11) is 1.44. The van der Waals surface area contributed by atoms with Gasteiger partial charge in [0.15, 0.2) is 11.5 Å². The highest BCUT2D eigenvalue weighted by molar-refractivity contribution is 5.99. The van der Waals surface area contributed by atoms with E-state index in [1.165, 1.54) is 19.2 Å². The second-order valence-electron chi connectivity index (χ2n) is 6.56. The lowest BCUT2D eigenvalue weighted by Gasteiger charge is -2.34. The van der Waals surface area contributed by atoms with Crippen molar-refractivity contribution in [2.75, 3.05) is 13.7 Å². The number of nitrogens with one attached hydrogen (secondary N) is 1. The van der Waals surface area contributed by atoms with Crippen molar-refractivity contribution >= 4 is 11.6 Å². The molecule has 1 aliphatic rings. The number of amides is 1. The molecule has 0 aromatic heterocycles. The topological polar surface area (TPSA) is 90.7 Å². The van der Waals surface area contributed by atoms with E-state index >= 15 is 0 Å². The highest BCUT2D eigenvalue weighted by Gasteiger charge is 2.31. The van der Waals surface area contributed by atoms with Crippen molar-refractivity contribution in [1.82, 2.24) is 5.32 Å². The second-order valence-corrected chi connectivity index (χ2v) is 6.56. The molecule has 0 unspecified atom stereocenters. The van der Waals surface area contributed by atoms with Crippen LogP contribution in [-0.4, -0.2) is 30.6 Å². The fourth-order valence-electron chi connectivity index (χ4n) is 3.34.